The minimum atomic E-state index is -0.721. The normalized spacial score (nSPS) is 11.1. The van der Waals surface area contributed by atoms with Gasteiger partial charge in [0.15, 0.2) is 0 Å². The summed E-state index contributed by atoms with van der Waals surface area (Å²) < 4.78 is 0. The van der Waals surface area contributed by atoms with E-state index in [1.54, 1.807) is 0 Å². The molecule has 0 aliphatic heterocycles. The second kappa shape index (κ2) is 25.0. The van der Waals surface area contributed by atoms with E-state index in [1.807, 2.05) is 0 Å². The monoisotopic (exact) mass is 444 g/mol. The Morgan fingerprint density at radius 3 is 0.935 bits per heavy atom. The van der Waals surface area contributed by atoms with Gasteiger partial charge < -0.3 is 31.5 Å². The summed E-state index contributed by atoms with van der Waals surface area (Å²) in [6.07, 6.45) is 13.6. The summed E-state index contributed by atoms with van der Waals surface area (Å²) >= 11 is 0. The fraction of sp³-hybridized carbons (Fsp3) is 0.913. The lowest BCUT2D eigenvalue weighted by Crippen LogP contribution is -2.28. The van der Waals surface area contributed by atoms with Crippen LogP contribution in [0.3, 0.4) is 0 Å². The van der Waals surface area contributed by atoms with Crippen molar-refractivity contribution in [3.63, 3.8) is 0 Å². The van der Waals surface area contributed by atoms with Gasteiger partial charge in [0, 0.05) is 39.0 Å². The zero-order valence-corrected chi connectivity index (χ0v) is 19.6. The largest absolute Gasteiger partial charge is 0.481 e. The highest BCUT2D eigenvalue weighted by atomic mass is 16.4. The molecule has 0 amide bonds. The Bertz CT molecular complexity index is 375. The maximum atomic E-state index is 10.4. The fourth-order valence-electron chi connectivity index (χ4n) is 3.32. The van der Waals surface area contributed by atoms with Gasteiger partial charge in [-0.1, -0.05) is 44.9 Å². The third-order valence-corrected chi connectivity index (χ3v) is 5.15. The molecule has 0 fully saturated rings. The highest BCUT2D eigenvalue weighted by molar-refractivity contribution is 5.66. The third-order valence-electron chi connectivity index (χ3n) is 5.15. The minimum Gasteiger partial charge on any atom is -0.481 e. The molecule has 0 aromatic rings. The Morgan fingerprint density at radius 2 is 0.645 bits per heavy atom. The molecule has 0 saturated heterocycles. The van der Waals surface area contributed by atoms with E-state index in [-0.39, 0.29) is 12.8 Å². The zero-order chi connectivity index (χ0) is 22.8. The van der Waals surface area contributed by atoms with Crippen LogP contribution >= 0.6 is 0 Å². The molecule has 0 aromatic carbocycles. The van der Waals surface area contributed by atoms with Crippen LogP contribution in [0.5, 0.6) is 0 Å². The molecule has 0 radical (unpaired) electrons. The van der Waals surface area contributed by atoms with Gasteiger partial charge in [-0.2, -0.15) is 0 Å². The Morgan fingerprint density at radius 1 is 0.387 bits per heavy atom. The fourth-order valence-corrected chi connectivity index (χ4v) is 3.32. The Labute approximate surface area is 189 Å². The van der Waals surface area contributed by atoms with Crippen molar-refractivity contribution in [1.29, 1.82) is 0 Å². The molecule has 0 heterocycles. The van der Waals surface area contributed by atoms with Crippen molar-refractivity contribution in [2.24, 2.45) is 0 Å². The predicted molar refractivity (Wildman–Crippen MR) is 127 cm³/mol. The Hall–Kier alpha value is -1.22. The van der Waals surface area contributed by atoms with Crippen LogP contribution < -0.4 is 21.3 Å². The average Bonchev–Trinajstić information content (AvgIpc) is 2.73. The number of nitrogens with one attached hydrogen (secondary N) is 4. The lowest BCUT2D eigenvalue weighted by molar-refractivity contribution is -0.138. The summed E-state index contributed by atoms with van der Waals surface area (Å²) in [6, 6.07) is 0. The predicted octanol–water partition coefficient (Wildman–Crippen LogP) is 2.59. The molecule has 8 heteroatoms. The quantitative estimate of drug-likeness (QED) is 0.113. The molecule has 0 rings (SSSR count). The molecule has 0 aliphatic rings. The van der Waals surface area contributed by atoms with Crippen LogP contribution in [-0.2, 0) is 9.59 Å². The van der Waals surface area contributed by atoms with E-state index >= 15 is 0 Å². The van der Waals surface area contributed by atoms with Gasteiger partial charge in [0.25, 0.3) is 0 Å². The SMILES string of the molecule is O=C(O)CCCNCCNCCCCCCCCCCCNCCNCCCC(=O)O. The summed E-state index contributed by atoms with van der Waals surface area (Å²) in [4.78, 5) is 20.8. The Balaban J connectivity index is 3.02. The lowest BCUT2D eigenvalue weighted by atomic mass is 10.1. The second-order valence-corrected chi connectivity index (χ2v) is 8.18. The molecule has 0 atom stereocenters. The molecule has 0 unspecified atom stereocenters. The third kappa shape index (κ3) is 28.8. The number of unbranched alkanes of at least 4 members (excludes halogenated alkanes) is 8. The van der Waals surface area contributed by atoms with Crippen LogP contribution in [-0.4, -0.2) is 74.5 Å². The maximum Gasteiger partial charge on any atom is 0.303 e. The standard InChI is InChI=1S/C23H48N4O4/c28-22(29)12-10-16-26-20-18-24-14-8-6-4-2-1-3-5-7-9-15-25-19-21-27-17-11-13-23(30)31/h24-27H,1-21H2,(H,28,29)(H,30,31). The number of carboxylic acid groups (broad SMARTS) is 2. The minimum absolute atomic E-state index is 0.246. The molecule has 184 valence electrons. The van der Waals surface area contributed by atoms with Crippen molar-refractivity contribution < 1.29 is 19.8 Å². The van der Waals surface area contributed by atoms with E-state index in [2.05, 4.69) is 21.3 Å². The van der Waals surface area contributed by atoms with E-state index in [0.29, 0.717) is 12.8 Å². The van der Waals surface area contributed by atoms with Crippen LogP contribution in [0.25, 0.3) is 0 Å². The van der Waals surface area contributed by atoms with Gasteiger partial charge in [-0.05, 0) is 51.9 Å². The maximum absolute atomic E-state index is 10.4. The molecule has 8 nitrogen and oxygen atoms in total. The first-order chi connectivity index (χ1) is 15.1. The number of hydrogen-bond acceptors (Lipinski definition) is 6. The van der Waals surface area contributed by atoms with Crippen LogP contribution in [0, 0.1) is 0 Å². The van der Waals surface area contributed by atoms with Crippen molar-refractivity contribution in [3.8, 4) is 0 Å². The van der Waals surface area contributed by atoms with Gasteiger partial charge in [0.1, 0.15) is 0 Å². The molecular weight excluding hydrogens is 396 g/mol. The molecule has 6 N–H and O–H groups in total. The van der Waals surface area contributed by atoms with E-state index in [4.69, 9.17) is 10.2 Å². The molecule has 0 aliphatic carbocycles. The zero-order valence-electron chi connectivity index (χ0n) is 19.6. The molecule has 0 spiro atoms. The van der Waals surface area contributed by atoms with Gasteiger partial charge in [-0.25, -0.2) is 0 Å². The number of rotatable bonds is 26. The average molecular weight is 445 g/mol. The van der Waals surface area contributed by atoms with Crippen molar-refractivity contribution in [1.82, 2.24) is 21.3 Å². The number of carbonyl (C=O) groups is 2. The number of hydrogen-bond donors (Lipinski definition) is 6. The van der Waals surface area contributed by atoms with E-state index in [0.717, 1.165) is 52.4 Å². The van der Waals surface area contributed by atoms with Crippen molar-refractivity contribution in [2.75, 3.05) is 52.4 Å². The van der Waals surface area contributed by atoms with Crippen LogP contribution in [0.2, 0.25) is 0 Å². The summed E-state index contributed by atoms with van der Waals surface area (Å²) in [6.45, 7) is 7.40. The van der Waals surface area contributed by atoms with Crippen molar-refractivity contribution in [2.45, 2.75) is 83.5 Å². The first-order valence-electron chi connectivity index (χ1n) is 12.4. The molecule has 0 aromatic heterocycles. The summed E-state index contributed by atoms with van der Waals surface area (Å²) in [7, 11) is 0. The molecule has 31 heavy (non-hydrogen) atoms. The van der Waals surface area contributed by atoms with Crippen molar-refractivity contribution in [3.05, 3.63) is 0 Å². The van der Waals surface area contributed by atoms with Gasteiger partial charge in [-0.3, -0.25) is 9.59 Å². The lowest BCUT2D eigenvalue weighted by Gasteiger charge is -2.07. The molecule has 0 bridgehead atoms. The van der Waals surface area contributed by atoms with E-state index in [1.165, 1.54) is 57.8 Å². The topological polar surface area (TPSA) is 123 Å². The van der Waals surface area contributed by atoms with Gasteiger partial charge in [0.2, 0.25) is 0 Å². The van der Waals surface area contributed by atoms with Gasteiger partial charge in [0.05, 0.1) is 0 Å². The number of aliphatic carboxylic acids is 2. The van der Waals surface area contributed by atoms with E-state index < -0.39 is 11.9 Å². The summed E-state index contributed by atoms with van der Waals surface area (Å²) in [5.74, 6) is -1.44. The molecule has 0 saturated carbocycles. The van der Waals surface area contributed by atoms with Crippen molar-refractivity contribution >= 4 is 11.9 Å². The van der Waals surface area contributed by atoms with Crippen LogP contribution in [0.15, 0.2) is 0 Å². The van der Waals surface area contributed by atoms with Gasteiger partial charge in [-0.15, -0.1) is 0 Å². The smallest absolute Gasteiger partial charge is 0.303 e. The highest BCUT2D eigenvalue weighted by Gasteiger charge is 1.97. The first kappa shape index (κ1) is 29.8. The van der Waals surface area contributed by atoms with E-state index in [9.17, 15) is 9.59 Å². The van der Waals surface area contributed by atoms with Gasteiger partial charge >= 0.3 is 11.9 Å². The number of carboxylic acids is 2. The first-order valence-corrected chi connectivity index (χ1v) is 12.4. The highest BCUT2D eigenvalue weighted by Crippen LogP contribution is 2.09. The summed E-state index contributed by atoms with van der Waals surface area (Å²) in [5.41, 5.74) is 0. The summed E-state index contributed by atoms with van der Waals surface area (Å²) in [5, 5.41) is 30.5. The second-order valence-electron chi connectivity index (χ2n) is 8.18. The molecular formula is C23H48N4O4. The Kier molecular flexibility index (Phi) is 24.1. The van der Waals surface area contributed by atoms with Crippen LogP contribution in [0.1, 0.15) is 83.5 Å². The van der Waals surface area contributed by atoms with Crippen LogP contribution in [0.4, 0.5) is 0 Å².